The van der Waals surface area contributed by atoms with Crippen molar-refractivity contribution in [3.05, 3.63) is 47.4 Å². The number of nitrogens with one attached hydrogen (secondary N) is 2. The third-order valence-corrected chi connectivity index (χ3v) is 5.36. The van der Waals surface area contributed by atoms with Gasteiger partial charge in [0.1, 0.15) is 5.82 Å². The molecule has 2 fully saturated rings. The zero-order chi connectivity index (χ0) is 16.7. The van der Waals surface area contributed by atoms with Crippen LogP contribution < -0.4 is 10.6 Å². The highest BCUT2D eigenvalue weighted by Crippen LogP contribution is 2.27. The molecule has 0 spiro atoms. The molecular formula is C19H24N4O. The summed E-state index contributed by atoms with van der Waals surface area (Å²) in [4.78, 5) is 17.2. The first-order chi connectivity index (χ1) is 11.6. The van der Waals surface area contributed by atoms with E-state index in [-0.39, 0.29) is 11.9 Å². The van der Waals surface area contributed by atoms with Crippen LogP contribution >= 0.6 is 0 Å². The minimum atomic E-state index is 0.0385. The number of piperidine rings is 1. The Balaban J connectivity index is 1.55. The largest absolute Gasteiger partial charge is 0.349 e. The number of aromatic nitrogens is 2. The van der Waals surface area contributed by atoms with Gasteiger partial charge in [0.25, 0.3) is 5.91 Å². The molecule has 2 unspecified atom stereocenters. The van der Waals surface area contributed by atoms with Crippen LogP contribution in [0.15, 0.2) is 30.5 Å². The van der Waals surface area contributed by atoms with Crippen molar-refractivity contribution < 1.29 is 4.79 Å². The van der Waals surface area contributed by atoms with E-state index in [9.17, 15) is 4.79 Å². The van der Waals surface area contributed by atoms with Gasteiger partial charge in [-0.15, -0.1) is 0 Å². The van der Waals surface area contributed by atoms with Gasteiger partial charge in [0.05, 0.1) is 5.56 Å². The highest BCUT2D eigenvalue weighted by molar-refractivity contribution is 5.96. The second-order valence-electron chi connectivity index (χ2n) is 7.09. The van der Waals surface area contributed by atoms with Gasteiger partial charge in [-0.2, -0.15) is 0 Å². The molecule has 2 aromatic rings. The van der Waals surface area contributed by atoms with Crippen LogP contribution in [0.2, 0.25) is 0 Å². The summed E-state index contributed by atoms with van der Waals surface area (Å²) in [5.74, 6) is 0.892. The Labute approximate surface area is 142 Å². The minimum absolute atomic E-state index is 0.0385. The van der Waals surface area contributed by atoms with Crippen LogP contribution in [-0.2, 0) is 0 Å². The van der Waals surface area contributed by atoms with Crippen molar-refractivity contribution in [1.82, 2.24) is 20.2 Å². The van der Waals surface area contributed by atoms with Crippen LogP contribution in [0.3, 0.4) is 0 Å². The molecule has 0 aromatic carbocycles. The van der Waals surface area contributed by atoms with Crippen LogP contribution in [-0.4, -0.2) is 33.6 Å². The van der Waals surface area contributed by atoms with Gasteiger partial charge in [-0.3, -0.25) is 4.79 Å². The second kappa shape index (κ2) is 6.06. The molecule has 2 N–H and O–H groups in total. The summed E-state index contributed by atoms with van der Waals surface area (Å²) >= 11 is 0. The predicted octanol–water partition coefficient (Wildman–Crippen LogP) is 2.50. The number of aryl methyl sites for hydroxylation is 1. The Bertz CT molecular complexity index is 740. The Morgan fingerprint density at radius 2 is 2.00 bits per heavy atom. The Kier molecular flexibility index (Phi) is 3.88. The average Bonchev–Trinajstić information content (AvgIpc) is 3.07. The van der Waals surface area contributed by atoms with E-state index in [1.54, 1.807) is 6.20 Å². The molecule has 2 aromatic heterocycles. The topological polar surface area (TPSA) is 59.0 Å². The van der Waals surface area contributed by atoms with Gasteiger partial charge in [0.15, 0.2) is 0 Å². The van der Waals surface area contributed by atoms with Crippen LogP contribution in [0.1, 0.15) is 47.4 Å². The van der Waals surface area contributed by atoms with E-state index < -0.39 is 0 Å². The van der Waals surface area contributed by atoms with Gasteiger partial charge in [-0.1, -0.05) is 6.07 Å². The van der Waals surface area contributed by atoms with Gasteiger partial charge in [-0.25, -0.2) is 4.98 Å². The summed E-state index contributed by atoms with van der Waals surface area (Å²) in [5, 5.41) is 6.87. The molecule has 4 rings (SSSR count). The number of pyridine rings is 1. The monoisotopic (exact) mass is 324 g/mol. The SMILES string of the molecule is Cc1cc(C(=O)NC2CC3CCC(C2)N3)c(C)n1-c1ccccn1. The molecule has 126 valence electrons. The summed E-state index contributed by atoms with van der Waals surface area (Å²) < 4.78 is 2.04. The third-order valence-electron chi connectivity index (χ3n) is 5.36. The van der Waals surface area contributed by atoms with E-state index in [0.717, 1.165) is 35.6 Å². The first-order valence-corrected chi connectivity index (χ1v) is 8.79. The van der Waals surface area contributed by atoms with Crippen molar-refractivity contribution in [3.63, 3.8) is 0 Å². The number of hydrogen-bond acceptors (Lipinski definition) is 3. The summed E-state index contributed by atoms with van der Waals surface area (Å²) in [6.07, 6.45) is 6.34. The molecule has 0 aliphatic carbocycles. The Hall–Kier alpha value is -2.14. The number of rotatable bonds is 3. The smallest absolute Gasteiger partial charge is 0.253 e. The molecule has 1 amide bonds. The summed E-state index contributed by atoms with van der Waals surface area (Å²) in [6, 6.07) is 9.24. The summed E-state index contributed by atoms with van der Waals surface area (Å²) in [7, 11) is 0. The lowest BCUT2D eigenvalue weighted by molar-refractivity contribution is 0.0923. The maximum absolute atomic E-state index is 12.8. The van der Waals surface area contributed by atoms with E-state index >= 15 is 0 Å². The van der Waals surface area contributed by atoms with Crippen molar-refractivity contribution in [2.24, 2.45) is 0 Å². The van der Waals surface area contributed by atoms with E-state index in [4.69, 9.17) is 0 Å². The molecule has 4 heterocycles. The van der Waals surface area contributed by atoms with Crippen LogP contribution in [0.5, 0.6) is 0 Å². The number of hydrogen-bond donors (Lipinski definition) is 2. The standard InChI is InChI=1S/C19H24N4O/c1-12-9-17(13(2)23(12)18-5-3-4-8-20-18)19(24)22-16-10-14-6-7-15(11-16)21-14/h3-5,8-9,14-16,21H,6-7,10-11H2,1-2H3,(H,22,24). The molecular weight excluding hydrogens is 300 g/mol. The molecule has 24 heavy (non-hydrogen) atoms. The fraction of sp³-hybridized carbons (Fsp3) is 0.474. The Morgan fingerprint density at radius 3 is 2.67 bits per heavy atom. The average molecular weight is 324 g/mol. The van der Waals surface area contributed by atoms with Gasteiger partial charge in [0.2, 0.25) is 0 Å². The molecule has 5 heteroatoms. The third kappa shape index (κ3) is 2.73. The maximum atomic E-state index is 12.8. The van der Waals surface area contributed by atoms with Crippen molar-refractivity contribution in [3.8, 4) is 5.82 Å². The first-order valence-electron chi connectivity index (χ1n) is 8.79. The molecule has 5 nitrogen and oxygen atoms in total. The first kappa shape index (κ1) is 15.4. The van der Waals surface area contributed by atoms with Crippen molar-refractivity contribution in [1.29, 1.82) is 0 Å². The fourth-order valence-corrected chi connectivity index (χ4v) is 4.27. The van der Waals surface area contributed by atoms with Crippen molar-refractivity contribution in [2.45, 2.75) is 57.7 Å². The molecule has 2 bridgehead atoms. The molecule has 2 saturated heterocycles. The van der Waals surface area contributed by atoms with E-state index in [1.807, 2.05) is 42.7 Å². The van der Waals surface area contributed by atoms with Crippen LogP contribution in [0, 0.1) is 13.8 Å². The van der Waals surface area contributed by atoms with E-state index in [1.165, 1.54) is 12.8 Å². The molecule has 2 atom stereocenters. The second-order valence-corrected chi connectivity index (χ2v) is 7.09. The number of nitrogens with zero attached hydrogens (tertiary/aromatic N) is 2. The number of amides is 1. The minimum Gasteiger partial charge on any atom is -0.349 e. The lowest BCUT2D eigenvalue weighted by Crippen LogP contribution is -2.48. The van der Waals surface area contributed by atoms with Crippen molar-refractivity contribution >= 4 is 5.91 Å². The molecule has 2 aliphatic heterocycles. The number of carbonyl (C=O) groups excluding carboxylic acids is 1. The predicted molar refractivity (Wildman–Crippen MR) is 93.5 cm³/mol. The number of fused-ring (bicyclic) bond motifs is 2. The van der Waals surface area contributed by atoms with Gasteiger partial charge < -0.3 is 15.2 Å². The highest BCUT2D eigenvalue weighted by Gasteiger charge is 2.34. The van der Waals surface area contributed by atoms with Gasteiger partial charge in [0, 0.05) is 35.7 Å². The molecule has 0 radical (unpaired) electrons. The van der Waals surface area contributed by atoms with E-state index in [0.29, 0.717) is 12.1 Å². The lowest BCUT2D eigenvalue weighted by atomic mass is 9.99. The molecule has 0 saturated carbocycles. The zero-order valence-corrected chi connectivity index (χ0v) is 14.2. The summed E-state index contributed by atoms with van der Waals surface area (Å²) in [5.41, 5.74) is 2.73. The zero-order valence-electron chi connectivity index (χ0n) is 14.2. The van der Waals surface area contributed by atoms with Crippen molar-refractivity contribution in [2.75, 3.05) is 0 Å². The van der Waals surface area contributed by atoms with E-state index in [2.05, 4.69) is 15.6 Å². The maximum Gasteiger partial charge on any atom is 0.253 e. The summed E-state index contributed by atoms with van der Waals surface area (Å²) in [6.45, 7) is 4.01. The van der Waals surface area contributed by atoms with Gasteiger partial charge in [-0.05, 0) is 57.7 Å². The van der Waals surface area contributed by atoms with Gasteiger partial charge >= 0.3 is 0 Å². The number of carbonyl (C=O) groups is 1. The quantitative estimate of drug-likeness (QED) is 0.912. The van der Waals surface area contributed by atoms with Crippen LogP contribution in [0.4, 0.5) is 0 Å². The molecule has 2 aliphatic rings. The lowest BCUT2D eigenvalue weighted by Gasteiger charge is -2.29. The van der Waals surface area contributed by atoms with Crippen LogP contribution in [0.25, 0.3) is 5.82 Å². The normalized spacial score (nSPS) is 25.7. The Morgan fingerprint density at radius 1 is 1.25 bits per heavy atom. The fourth-order valence-electron chi connectivity index (χ4n) is 4.27. The highest BCUT2D eigenvalue weighted by atomic mass is 16.1.